The van der Waals surface area contributed by atoms with Crippen molar-refractivity contribution in [1.29, 1.82) is 0 Å². The number of fused-ring (bicyclic) bond motifs is 1. The number of nitrogens with zero attached hydrogens (tertiary/aromatic N) is 1. The van der Waals surface area contributed by atoms with Gasteiger partial charge >= 0.3 is 6.09 Å². The lowest BCUT2D eigenvalue weighted by Crippen LogP contribution is -2.39. The molecule has 4 nitrogen and oxygen atoms in total. The highest BCUT2D eigenvalue weighted by molar-refractivity contribution is 6.31. The summed E-state index contributed by atoms with van der Waals surface area (Å²) in [5.74, 6) is 1.14. The summed E-state index contributed by atoms with van der Waals surface area (Å²) in [5.41, 5.74) is 1.74. The van der Waals surface area contributed by atoms with Crippen molar-refractivity contribution in [2.75, 3.05) is 19.7 Å². The van der Waals surface area contributed by atoms with Gasteiger partial charge in [-0.05, 0) is 82.4 Å². The van der Waals surface area contributed by atoms with Crippen LogP contribution in [0.1, 0.15) is 57.6 Å². The van der Waals surface area contributed by atoms with E-state index >= 15 is 0 Å². The van der Waals surface area contributed by atoms with Crippen LogP contribution in [0.4, 0.5) is 4.79 Å². The van der Waals surface area contributed by atoms with Crippen LogP contribution in [0.2, 0.25) is 5.02 Å². The second-order valence-electron chi connectivity index (χ2n) is 10.0. The highest BCUT2D eigenvalue weighted by Crippen LogP contribution is 2.52. The first-order valence-corrected chi connectivity index (χ1v) is 10.9. The average Bonchev–Trinajstić information content (AvgIpc) is 3.25. The van der Waals surface area contributed by atoms with Crippen LogP contribution < -0.4 is 0 Å². The van der Waals surface area contributed by atoms with Gasteiger partial charge in [-0.2, -0.15) is 0 Å². The van der Waals surface area contributed by atoms with E-state index < -0.39 is 5.60 Å². The molecule has 4 rings (SSSR count). The van der Waals surface area contributed by atoms with Crippen molar-refractivity contribution in [3.8, 4) is 0 Å². The van der Waals surface area contributed by atoms with Crippen molar-refractivity contribution in [3.05, 3.63) is 34.3 Å². The van der Waals surface area contributed by atoms with Gasteiger partial charge < -0.3 is 14.4 Å². The topological polar surface area (TPSA) is 38.8 Å². The quantitative estimate of drug-likeness (QED) is 0.678. The summed E-state index contributed by atoms with van der Waals surface area (Å²) >= 11 is 6.48. The molecule has 0 N–H and O–H groups in total. The molecule has 154 valence electrons. The minimum absolute atomic E-state index is 0.0948. The maximum absolute atomic E-state index is 12.7. The van der Waals surface area contributed by atoms with E-state index in [0.29, 0.717) is 12.5 Å². The van der Waals surface area contributed by atoms with E-state index in [0.717, 1.165) is 42.5 Å². The molecule has 0 bridgehead atoms. The van der Waals surface area contributed by atoms with Crippen LogP contribution in [0, 0.1) is 18.8 Å². The highest BCUT2D eigenvalue weighted by atomic mass is 35.5. The van der Waals surface area contributed by atoms with E-state index in [1.807, 2.05) is 32.6 Å². The number of carbonyl (C=O) groups excluding carboxylic acids is 1. The number of benzene rings is 1. The van der Waals surface area contributed by atoms with Gasteiger partial charge in [0.2, 0.25) is 0 Å². The maximum Gasteiger partial charge on any atom is 0.410 e. The maximum atomic E-state index is 12.7. The van der Waals surface area contributed by atoms with Crippen molar-refractivity contribution < 1.29 is 14.3 Å². The molecule has 1 saturated heterocycles. The van der Waals surface area contributed by atoms with Gasteiger partial charge in [-0.15, -0.1) is 0 Å². The molecule has 1 aromatic rings. The summed E-state index contributed by atoms with van der Waals surface area (Å²) in [6.45, 7) is 10.1. The zero-order valence-corrected chi connectivity index (χ0v) is 18.2. The van der Waals surface area contributed by atoms with Gasteiger partial charge in [0.05, 0.1) is 6.10 Å². The highest BCUT2D eigenvalue weighted by Gasteiger charge is 2.55. The summed E-state index contributed by atoms with van der Waals surface area (Å²) in [6, 6.07) is 6.39. The molecular formula is C23H32ClNO3. The zero-order chi connectivity index (χ0) is 20.1. The molecule has 2 aliphatic carbocycles. The zero-order valence-electron chi connectivity index (χ0n) is 17.5. The fourth-order valence-corrected chi connectivity index (χ4v) is 4.99. The smallest absolute Gasteiger partial charge is 0.410 e. The lowest BCUT2D eigenvalue weighted by Gasteiger charge is -2.31. The van der Waals surface area contributed by atoms with Gasteiger partial charge in [0.15, 0.2) is 0 Å². The van der Waals surface area contributed by atoms with Crippen molar-refractivity contribution in [3.63, 3.8) is 0 Å². The van der Waals surface area contributed by atoms with Crippen molar-refractivity contribution in [2.45, 2.75) is 70.5 Å². The number of amides is 1. The molecule has 1 amide bonds. The SMILES string of the molecule is Cc1ccc([C@@]23CC(OCC4CC4)C[C@@H]2CN(C(=O)OC(C)(C)C)C3)cc1Cl. The third kappa shape index (κ3) is 4.04. The minimum atomic E-state index is -0.481. The van der Waals surface area contributed by atoms with Gasteiger partial charge in [0, 0.05) is 30.1 Å². The lowest BCUT2D eigenvalue weighted by atomic mass is 9.74. The number of aryl methyl sites for hydroxylation is 1. The number of carbonyl (C=O) groups is 1. The predicted octanol–water partition coefficient (Wildman–Crippen LogP) is 5.34. The summed E-state index contributed by atoms with van der Waals surface area (Å²) in [5, 5.41) is 0.795. The first-order valence-electron chi connectivity index (χ1n) is 10.5. The Kier molecular flexibility index (Phi) is 5.16. The molecule has 3 atom stereocenters. The van der Waals surface area contributed by atoms with Crippen molar-refractivity contribution >= 4 is 17.7 Å². The Hall–Kier alpha value is -1.26. The molecule has 0 spiro atoms. The molecular weight excluding hydrogens is 374 g/mol. The predicted molar refractivity (Wildman–Crippen MR) is 111 cm³/mol. The minimum Gasteiger partial charge on any atom is -0.444 e. The van der Waals surface area contributed by atoms with Crippen molar-refractivity contribution in [1.82, 2.24) is 4.90 Å². The molecule has 0 aromatic heterocycles. The third-order valence-electron chi connectivity index (χ3n) is 6.50. The standard InChI is InChI=1S/C23H32ClNO3/c1-15-5-8-17(10-20(15)24)23-11-19(27-13-16-6-7-16)9-18(23)12-25(14-23)21(26)28-22(2,3)4/h5,8,10,16,18-19H,6-7,9,11-14H2,1-4H3/t18-,19?,23+/m1/s1. The largest absolute Gasteiger partial charge is 0.444 e. The van der Waals surface area contributed by atoms with Gasteiger partial charge in [0.1, 0.15) is 5.60 Å². The summed E-state index contributed by atoms with van der Waals surface area (Å²) in [7, 11) is 0. The van der Waals surface area contributed by atoms with Crippen LogP contribution in [0.3, 0.4) is 0 Å². The Morgan fingerprint density at radius 1 is 1.32 bits per heavy atom. The van der Waals surface area contributed by atoms with Gasteiger partial charge in [0.25, 0.3) is 0 Å². The molecule has 0 radical (unpaired) electrons. The Balaban J connectivity index is 1.57. The molecule has 2 saturated carbocycles. The van der Waals surface area contributed by atoms with E-state index in [9.17, 15) is 4.79 Å². The normalized spacial score (nSPS) is 29.8. The van der Waals surface area contributed by atoms with Crippen LogP contribution in [0.25, 0.3) is 0 Å². The number of hydrogen-bond acceptors (Lipinski definition) is 3. The van der Waals surface area contributed by atoms with E-state index in [-0.39, 0.29) is 17.6 Å². The van der Waals surface area contributed by atoms with Crippen LogP contribution >= 0.6 is 11.6 Å². The van der Waals surface area contributed by atoms with Crippen molar-refractivity contribution in [2.24, 2.45) is 11.8 Å². The Morgan fingerprint density at radius 3 is 2.71 bits per heavy atom. The van der Waals surface area contributed by atoms with Crippen LogP contribution in [-0.4, -0.2) is 42.4 Å². The number of rotatable bonds is 4. The van der Waals surface area contributed by atoms with Crippen LogP contribution in [0.15, 0.2) is 18.2 Å². The fraction of sp³-hybridized carbons (Fsp3) is 0.696. The molecule has 1 heterocycles. The first kappa shape index (κ1) is 20.0. The molecule has 28 heavy (non-hydrogen) atoms. The molecule has 3 aliphatic rings. The molecule has 1 unspecified atom stereocenters. The second-order valence-corrected chi connectivity index (χ2v) is 10.4. The lowest BCUT2D eigenvalue weighted by molar-refractivity contribution is 0.0209. The third-order valence-corrected chi connectivity index (χ3v) is 6.90. The van der Waals surface area contributed by atoms with Gasteiger partial charge in [-0.25, -0.2) is 4.79 Å². The summed E-state index contributed by atoms with van der Waals surface area (Å²) in [4.78, 5) is 14.6. The molecule has 1 aromatic carbocycles. The Bertz CT molecular complexity index is 755. The van der Waals surface area contributed by atoms with E-state index in [4.69, 9.17) is 21.1 Å². The molecule has 5 heteroatoms. The Morgan fingerprint density at radius 2 is 2.07 bits per heavy atom. The first-order chi connectivity index (χ1) is 13.2. The monoisotopic (exact) mass is 405 g/mol. The molecule has 1 aliphatic heterocycles. The van der Waals surface area contributed by atoms with Gasteiger partial charge in [-0.1, -0.05) is 23.7 Å². The average molecular weight is 406 g/mol. The van der Waals surface area contributed by atoms with E-state index in [1.165, 1.54) is 18.4 Å². The van der Waals surface area contributed by atoms with E-state index in [1.54, 1.807) is 0 Å². The second kappa shape index (κ2) is 7.21. The van der Waals surface area contributed by atoms with Crippen LogP contribution in [0.5, 0.6) is 0 Å². The van der Waals surface area contributed by atoms with Gasteiger partial charge in [-0.3, -0.25) is 0 Å². The van der Waals surface area contributed by atoms with E-state index in [2.05, 4.69) is 18.2 Å². The number of hydrogen-bond donors (Lipinski definition) is 0. The molecule has 3 fully saturated rings. The summed E-state index contributed by atoms with van der Waals surface area (Å²) in [6.07, 6.45) is 4.62. The number of halogens is 1. The van der Waals surface area contributed by atoms with Crippen LogP contribution in [-0.2, 0) is 14.9 Å². The Labute approximate surface area is 173 Å². The fourth-order valence-electron chi connectivity index (χ4n) is 4.81. The number of ether oxygens (including phenoxy) is 2. The summed E-state index contributed by atoms with van der Waals surface area (Å²) < 4.78 is 11.9. The number of likely N-dealkylation sites (tertiary alicyclic amines) is 1.